The fourth-order valence-electron chi connectivity index (χ4n) is 4.19. The number of pyridine rings is 1. The van der Waals surface area contributed by atoms with Crippen molar-refractivity contribution in [2.45, 2.75) is 17.7 Å². The third-order valence-electron chi connectivity index (χ3n) is 5.90. The lowest BCUT2D eigenvalue weighted by Crippen LogP contribution is -2.40. The normalized spacial score (nSPS) is 16.0. The smallest absolute Gasteiger partial charge is 0.243 e. The van der Waals surface area contributed by atoms with Crippen LogP contribution >= 0.6 is 0 Å². The van der Waals surface area contributed by atoms with Crippen LogP contribution in [0.3, 0.4) is 0 Å². The summed E-state index contributed by atoms with van der Waals surface area (Å²) in [4.78, 5) is 4.98. The number of allylic oxidation sites excluding steroid dienone is 2. The first-order valence-electron chi connectivity index (χ1n) is 11.1. The van der Waals surface area contributed by atoms with Gasteiger partial charge in [0, 0.05) is 68.2 Å². The Morgan fingerprint density at radius 1 is 1.24 bits per heavy atom. The van der Waals surface area contributed by atoms with Gasteiger partial charge >= 0.3 is 0 Å². The third kappa shape index (κ3) is 4.93. The highest BCUT2D eigenvalue weighted by molar-refractivity contribution is 7.89. The van der Waals surface area contributed by atoms with Crippen molar-refractivity contribution in [2.24, 2.45) is 0 Å². The van der Waals surface area contributed by atoms with E-state index in [1.165, 1.54) is 11.4 Å². The molecule has 0 saturated carbocycles. The zero-order valence-electron chi connectivity index (χ0n) is 19.3. The first-order chi connectivity index (χ1) is 16.5. The average Bonchev–Trinajstić information content (AvgIpc) is 3.28. The van der Waals surface area contributed by atoms with Gasteiger partial charge in [-0.15, -0.1) is 0 Å². The molecule has 2 aliphatic rings. The number of nitrogens with one attached hydrogen (secondary N) is 1. The first-order valence-corrected chi connectivity index (χ1v) is 12.5. The Morgan fingerprint density at radius 2 is 2.03 bits per heavy atom. The van der Waals surface area contributed by atoms with Crippen molar-refractivity contribution in [1.29, 1.82) is 5.26 Å². The van der Waals surface area contributed by atoms with Crippen LogP contribution in [0.25, 0.3) is 5.57 Å². The lowest BCUT2D eigenvalue weighted by molar-refractivity contribution is 0.0730. The molecule has 10 heteroatoms. The van der Waals surface area contributed by atoms with Crippen molar-refractivity contribution in [3.8, 4) is 11.8 Å². The second kappa shape index (κ2) is 10.5. The van der Waals surface area contributed by atoms with Crippen LogP contribution in [0.5, 0.6) is 5.75 Å². The number of rotatable bonds is 9. The van der Waals surface area contributed by atoms with Crippen LogP contribution in [0.15, 0.2) is 35.2 Å². The Hall–Kier alpha value is -2.97. The molecule has 9 nitrogen and oxygen atoms in total. The molecule has 1 aromatic heterocycles. The molecule has 0 bridgehead atoms. The number of hydrogen-bond acceptors (Lipinski definition) is 8. The molecule has 0 spiro atoms. The van der Waals surface area contributed by atoms with E-state index in [0.29, 0.717) is 63.6 Å². The molecule has 1 saturated heterocycles. The second-order valence-corrected chi connectivity index (χ2v) is 9.94. The minimum absolute atomic E-state index is 0.196. The SMILES string of the molecule is COCCNc1cc(Cc2ccc(S(=O)(=O)N3CCOCC3)cc2OC)nc2c1C(C#N)=CC2. The quantitative estimate of drug-likeness (QED) is 0.539. The minimum Gasteiger partial charge on any atom is -0.496 e. The number of anilines is 1. The van der Waals surface area contributed by atoms with Crippen molar-refractivity contribution in [1.82, 2.24) is 9.29 Å². The zero-order valence-corrected chi connectivity index (χ0v) is 20.2. The minimum atomic E-state index is -3.62. The number of sulfonamides is 1. The van der Waals surface area contributed by atoms with Gasteiger partial charge in [0.1, 0.15) is 5.75 Å². The maximum atomic E-state index is 13.0. The van der Waals surface area contributed by atoms with Crippen LogP contribution in [-0.2, 0) is 32.3 Å². The van der Waals surface area contributed by atoms with Gasteiger partial charge in [0.25, 0.3) is 0 Å². The number of benzene rings is 1. The zero-order chi connectivity index (χ0) is 24.1. The Balaban J connectivity index is 1.62. The summed E-state index contributed by atoms with van der Waals surface area (Å²) in [6.07, 6.45) is 2.93. The summed E-state index contributed by atoms with van der Waals surface area (Å²) in [5.41, 5.74) is 4.76. The molecule has 1 aliphatic heterocycles. The van der Waals surface area contributed by atoms with E-state index in [0.717, 1.165) is 28.2 Å². The van der Waals surface area contributed by atoms with Crippen LogP contribution in [0.4, 0.5) is 5.69 Å². The van der Waals surface area contributed by atoms with E-state index in [9.17, 15) is 13.7 Å². The summed E-state index contributed by atoms with van der Waals surface area (Å²) in [7, 11) is -0.455. The van der Waals surface area contributed by atoms with Crippen LogP contribution in [0.2, 0.25) is 0 Å². The molecule has 1 aliphatic carbocycles. The van der Waals surface area contributed by atoms with Gasteiger partial charge in [-0.05, 0) is 12.1 Å². The number of nitrogens with zero attached hydrogens (tertiary/aromatic N) is 3. The predicted octanol–water partition coefficient (Wildman–Crippen LogP) is 2.22. The monoisotopic (exact) mass is 484 g/mol. The van der Waals surface area contributed by atoms with Gasteiger partial charge in [-0.1, -0.05) is 12.1 Å². The molecule has 180 valence electrons. The molecule has 4 rings (SSSR count). The molecule has 2 aromatic rings. The highest BCUT2D eigenvalue weighted by Crippen LogP contribution is 2.34. The highest BCUT2D eigenvalue weighted by Gasteiger charge is 2.27. The van der Waals surface area contributed by atoms with E-state index >= 15 is 0 Å². The molecule has 1 aromatic carbocycles. The van der Waals surface area contributed by atoms with Crippen LogP contribution in [0, 0.1) is 11.3 Å². The van der Waals surface area contributed by atoms with E-state index in [1.54, 1.807) is 25.3 Å². The average molecular weight is 485 g/mol. The highest BCUT2D eigenvalue weighted by atomic mass is 32.2. The summed E-state index contributed by atoms with van der Waals surface area (Å²) in [6.45, 7) is 2.59. The van der Waals surface area contributed by atoms with Crippen LogP contribution < -0.4 is 10.1 Å². The van der Waals surface area contributed by atoms with Gasteiger partial charge in [0.05, 0.1) is 49.2 Å². The maximum Gasteiger partial charge on any atom is 0.243 e. The molecule has 34 heavy (non-hydrogen) atoms. The predicted molar refractivity (Wildman–Crippen MR) is 127 cm³/mol. The summed E-state index contributed by atoms with van der Waals surface area (Å²) in [5, 5.41) is 12.8. The van der Waals surface area contributed by atoms with E-state index in [-0.39, 0.29) is 4.90 Å². The van der Waals surface area contributed by atoms with Crippen molar-refractivity contribution < 1.29 is 22.6 Å². The number of fused-ring (bicyclic) bond motifs is 1. The van der Waals surface area contributed by atoms with E-state index in [1.807, 2.05) is 12.1 Å². The molecule has 0 unspecified atom stereocenters. The summed E-state index contributed by atoms with van der Waals surface area (Å²) in [5.74, 6) is 0.487. The van der Waals surface area contributed by atoms with Gasteiger partial charge in [0.15, 0.2) is 0 Å². The van der Waals surface area contributed by atoms with Gasteiger partial charge in [0.2, 0.25) is 10.0 Å². The molecule has 1 N–H and O–H groups in total. The number of nitriles is 1. The summed E-state index contributed by atoms with van der Waals surface area (Å²) in [6, 6.07) is 9.14. The Kier molecular flexibility index (Phi) is 7.48. The maximum absolute atomic E-state index is 13.0. The number of hydrogen-bond donors (Lipinski definition) is 1. The van der Waals surface area contributed by atoms with E-state index < -0.39 is 10.0 Å². The first kappa shape index (κ1) is 24.2. The van der Waals surface area contributed by atoms with Crippen molar-refractivity contribution in [3.63, 3.8) is 0 Å². The standard InChI is InChI=1S/C24H28N4O5S/c1-31-10-7-26-22-14-19(27-21-6-4-18(16-25)24(21)22)13-17-3-5-20(15-23(17)32-2)34(29,30)28-8-11-33-12-9-28/h3-5,14-15H,6-13H2,1-2H3,(H,26,27). The molecule has 0 atom stereocenters. The van der Waals surface area contributed by atoms with Gasteiger partial charge in [-0.25, -0.2) is 8.42 Å². The van der Waals surface area contributed by atoms with Gasteiger partial charge in [-0.2, -0.15) is 9.57 Å². The molecular weight excluding hydrogens is 456 g/mol. The Bertz CT molecular complexity index is 1230. The Labute approximate surface area is 200 Å². The Morgan fingerprint density at radius 3 is 2.74 bits per heavy atom. The largest absolute Gasteiger partial charge is 0.496 e. The topological polar surface area (TPSA) is 114 Å². The molecule has 1 fully saturated rings. The van der Waals surface area contributed by atoms with E-state index in [4.69, 9.17) is 19.2 Å². The lowest BCUT2D eigenvalue weighted by Gasteiger charge is -2.26. The van der Waals surface area contributed by atoms with Crippen molar-refractivity contribution in [2.75, 3.05) is 59.0 Å². The number of morpholine rings is 1. The third-order valence-corrected chi connectivity index (χ3v) is 7.79. The van der Waals surface area contributed by atoms with Crippen molar-refractivity contribution in [3.05, 3.63) is 52.9 Å². The van der Waals surface area contributed by atoms with Gasteiger partial charge < -0.3 is 19.5 Å². The summed E-state index contributed by atoms with van der Waals surface area (Å²) < 4.78 is 43.5. The summed E-state index contributed by atoms with van der Waals surface area (Å²) >= 11 is 0. The molecule has 0 radical (unpaired) electrons. The second-order valence-electron chi connectivity index (χ2n) is 8.00. The number of methoxy groups -OCH3 is 2. The fraction of sp³-hybridized carbons (Fsp3) is 0.417. The van der Waals surface area contributed by atoms with Crippen molar-refractivity contribution >= 4 is 21.3 Å². The molecule has 2 heterocycles. The number of ether oxygens (including phenoxy) is 3. The van der Waals surface area contributed by atoms with E-state index in [2.05, 4.69) is 11.4 Å². The van der Waals surface area contributed by atoms with Crippen LogP contribution in [0.1, 0.15) is 22.5 Å². The van der Waals surface area contributed by atoms with Crippen LogP contribution in [-0.4, -0.2) is 71.4 Å². The molecule has 0 amide bonds. The fourth-order valence-corrected chi connectivity index (χ4v) is 5.61. The number of aromatic nitrogens is 1. The lowest BCUT2D eigenvalue weighted by atomic mass is 10.0. The van der Waals surface area contributed by atoms with Gasteiger partial charge in [-0.3, -0.25) is 4.98 Å². The molecular formula is C24H28N4O5S.